The maximum atomic E-state index is 12.1. The number of carboxylic acids is 2. The highest BCUT2D eigenvalue weighted by atomic mass is 32.1. The molecule has 1 amide bonds. The van der Waals surface area contributed by atoms with Crippen LogP contribution in [0.3, 0.4) is 0 Å². The Morgan fingerprint density at radius 3 is 2.09 bits per heavy atom. The zero-order valence-electron chi connectivity index (χ0n) is 19.5. The number of amides is 1. The highest BCUT2D eigenvalue weighted by Crippen LogP contribution is 2.36. The van der Waals surface area contributed by atoms with Gasteiger partial charge in [0.05, 0.1) is 5.69 Å². The predicted molar refractivity (Wildman–Crippen MR) is 124 cm³/mol. The largest absolute Gasteiger partial charge is 0.479 e. The van der Waals surface area contributed by atoms with Crippen LogP contribution in [0.5, 0.6) is 5.19 Å². The first-order chi connectivity index (χ1) is 16.7. The second-order valence-electron chi connectivity index (χ2n) is 9.64. The van der Waals surface area contributed by atoms with E-state index >= 15 is 0 Å². The van der Waals surface area contributed by atoms with E-state index in [0.29, 0.717) is 11.8 Å². The lowest BCUT2D eigenvalue weighted by molar-refractivity contribution is -0.165. The van der Waals surface area contributed by atoms with Gasteiger partial charge in [-0.2, -0.15) is 0 Å². The highest BCUT2D eigenvalue weighted by Gasteiger charge is 2.36. The zero-order chi connectivity index (χ0) is 25.1. The molecule has 35 heavy (non-hydrogen) atoms. The Balaban J connectivity index is 0.000000248. The number of aliphatic hydroxyl groups excluding tert-OH is 2. The molecule has 2 atom stereocenters. The Morgan fingerprint density at radius 1 is 0.943 bits per heavy atom. The third kappa shape index (κ3) is 6.49. The van der Waals surface area contributed by atoms with E-state index < -0.39 is 24.1 Å². The number of carbonyl (C=O) groups excluding carboxylic acids is 1. The van der Waals surface area contributed by atoms with E-state index in [9.17, 15) is 14.4 Å². The maximum absolute atomic E-state index is 12.1. The van der Waals surface area contributed by atoms with Crippen molar-refractivity contribution in [3.8, 4) is 5.19 Å². The summed E-state index contributed by atoms with van der Waals surface area (Å²) in [6.45, 7) is 3.92. The van der Waals surface area contributed by atoms with Gasteiger partial charge in [0.15, 0.2) is 12.2 Å². The number of hydrogen-bond acceptors (Lipinski definition) is 9. The van der Waals surface area contributed by atoms with E-state index in [-0.39, 0.29) is 6.10 Å². The lowest BCUT2D eigenvalue weighted by atomic mass is 9.90. The van der Waals surface area contributed by atoms with E-state index in [4.69, 9.17) is 30.1 Å². The molecule has 1 aromatic heterocycles. The van der Waals surface area contributed by atoms with E-state index in [1.807, 2.05) is 4.90 Å². The van der Waals surface area contributed by atoms with Gasteiger partial charge in [-0.15, -0.1) is 0 Å². The summed E-state index contributed by atoms with van der Waals surface area (Å²) in [5, 5.41) is 33.4. The van der Waals surface area contributed by atoms with Gasteiger partial charge in [-0.1, -0.05) is 17.8 Å². The van der Waals surface area contributed by atoms with Crippen molar-refractivity contribution in [1.29, 1.82) is 0 Å². The summed E-state index contributed by atoms with van der Waals surface area (Å²) >= 11 is 1.75. The molecule has 11 nitrogen and oxygen atoms in total. The highest BCUT2D eigenvalue weighted by molar-refractivity contribution is 7.13. The maximum Gasteiger partial charge on any atom is 0.335 e. The van der Waals surface area contributed by atoms with Crippen LogP contribution < -0.4 is 4.74 Å². The second-order valence-corrected chi connectivity index (χ2v) is 10.7. The quantitative estimate of drug-likeness (QED) is 0.410. The molecule has 3 heterocycles. The Bertz CT molecular complexity index is 906. The number of carbonyl (C=O) groups is 3. The smallest absolute Gasteiger partial charge is 0.335 e. The first-order valence-electron chi connectivity index (χ1n) is 12.2. The number of fused-ring (bicyclic) bond motifs is 1. The van der Waals surface area contributed by atoms with E-state index in [1.54, 1.807) is 11.3 Å². The van der Waals surface area contributed by atoms with Crippen molar-refractivity contribution in [3.05, 3.63) is 10.6 Å². The van der Waals surface area contributed by atoms with E-state index in [0.717, 1.165) is 69.5 Å². The van der Waals surface area contributed by atoms with Gasteiger partial charge in [-0.25, -0.2) is 14.6 Å². The molecule has 2 unspecified atom stereocenters. The Labute approximate surface area is 207 Å². The molecular weight excluding hydrogens is 478 g/mol. The molecule has 4 N–H and O–H groups in total. The van der Waals surface area contributed by atoms with Crippen LogP contribution in [0.1, 0.15) is 55.5 Å². The monoisotopic (exact) mass is 511 g/mol. The number of thiazole rings is 1. The van der Waals surface area contributed by atoms with E-state index in [1.165, 1.54) is 29.8 Å². The van der Waals surface area contributed by atoms with E-state index in [2.05, 4.69) is 4.90 Å². The number of likely N-dealkylation sites (tertiary alicyclic amines) is 1. The topological polar surface area (TPSA) is 161 Å². The fourth-order valence-corrected chi connectivity index (χ4v) is 5.55. The third-order valence-corrected chi connectivity index (χ3v) is 8.06. The number of piperidine rings is 1. The fourth-order valence-electron chi connectivity index (χ4n) is 4.50. The van der Waals surface area contributed by atoms with Gasteiger partial charge in [-0.05, 0) is 25.7 Å². The summed E-state index contributed by atoms with van der Waals surface area (Å²) in [6, 6.07) is 0.813. The number of ether oxygens (including phenoxy) is 1. The number of carboxylic acid groups (broad SMARTS) is 2. The number of aromatic nitrogens is 1. The van der Waals surface area contributed by atoms with Crippen molar-refractivity contribution < 1.29 is 39.5 Å². The molecule has 3 fully saturated rings. The van der Waals surface area contributed by atoms with Gasteiger partial charge in [0.1, 0.15) is 6.10 Å². The van der Waals surface area contributed by atoms with Gasteiger partial charge < -0.3 is 30.1 Å². The van der Waals surface area contributed by atoms with Crippen molar-refractivity contribution in [2.24, 2.45) is 5.92 Å². The predicted octanol–water partition coefficient (Wildman–Crippen LogP) is 0.711. The summed E-state index contributed by atoms with van der Waals surface area (Å²) in [5.74, 6) is -2.83. The number of rotatable bonds is 7. The van der Waals surface area contributed by atoms with Crippen LogP contribution in [0, 0.1) is 5.92 Å². The van der Waals surface area contributed by atoms with Gasteiger partial charge >= 0.3 is 11.9 Å². The normalized spacial score (nSPS) is 22.7. The molecule has 0 aromatic carbocycles. The summed E-state index contributed by atoms with van der Waals surface area (Å²) < 4.78 is 6.20. The number of hydrogen-bond donors (Lipinski definition) is 4. The number of aliphatic carboxylic acids is 2. The molecule has 12 heteroatoms. The lowest BCUT2D eigenvalue weighted by Gasteiger charge is -2.39. The van der Waals surface area contributed by atoms with Crippen molar-refractivity contribution in [2.45, 2.75) is 82.3 Å². The Kier molecular flexibility index (Phi) is 8.25. The summed E-state index contributed by atoms with van der Waals surface area (Å²) in [6.07, 6.45) is 4.97. The molecule has 0 radical (unpaired) electrons. The Morgan fingerprint density at radius 2 is 1.57 bits per heavy atom. The molecular formula is C23H33N3O8S. The minimum Gasteiger partial charge on any atom is -0.479 e. The van der Waals surface area contributed by atoms with Gasteiger partial charge in [0.2, 0.25) is 5.91 Å². The van der Waals surface area contributed by atoms with Crippen molar-refractivity contribution in [1.82, 2.24) is 14.8 Å². The summed E-state index contributed by atoms with van der Waals surface area (Å²) in [4.78, 5) is 42.5. The molecule has 1 saturated heterocycles. The van der Waals surface area contributed by atoms with Crippen LogP contribution >= 0.6 is 11.3 Å². The first-order valence-corrected chi connectivity index (χ1v) is 13.0. The molecule has 5 rings (SSSR count). The molecule has 2 aliphatic heterocycles. The average molecular weight is 512 g/mol. The molecule has 2 saturated carbocycles. The zero-order valence-corrected chi connectivity index (χ0v) is 20.4. The van der Waals surface area contributed by atoms with Crippen LogP contribution in [0.2, 0.25) is 0 Å². The summed E-state index contributed by atoms with van der Waals surface area (Å²) in [7, 11) is 0. The third-order valence-electron chi connectivity index (χ3n) is 7.09. The summed E-state index contributed by atoms with van der Waals surface area (Å²) in [5.41, 5.74) is 1.26. The van der Waals surface area contributed by atoms with Gasteiger partial charge in [0, 0.05) is 62.3 Å². The average Bonchev–Trinajstić information content (AvgIpc) is 3.57. The molecule has 4 aliphatic rings. The van der Waals surface area contributed by atoms with Gasteiger partial charge in [-0.3, -0.25) is 9.69 Å². The molecule has 0 bridgehead atoms. The SMILES string of the molecule is O=C(C1CC1)N1CCC(Oc2nc3c(s2)CN(C2CCC2)CC3)CC1.O=C(O)C(O)C(O)C(=O)O. The van der Waals surface area contributed by atoms with Crippen molar-refractivity contribution >= 4 is 29.2 Å². The lowest BCUT2D eigenvalue weighted by Crippen LogP contribution is -2.42. The number of aliphatic hydroxyl groups is 2. The first kappa shape index (κ1) is 25.8. The molecule has 2 aliphatic carbocycles. The molecule has 1 aromatic rings. The van der Waals surface area contributed by atoms with Crippen LogP contribution in [-0.2, 0) is 27.3 Å². The Hall–Kier alpha value is -2.28. The molecule has 0 spiro atoms. The van der Waals surface area contributed by atoms with Crippen LogP contribution in [0.25, 0.3) is 0 Å². The molecule has 194 valence electrons. The standard InChI is InChI=1S/C19H27N3O2S.C4H6O6/c23-18(13-4-5-13)21-9-6-15(7-10-21)24-19-20-16-8-11-22(12-17(16)25-19)14-2-1-3-14;5-1(3(7)8)2(6)4(9)10/h13-15H,1-12H2;1-2,5-6H,(H,7,8)(H,9,10). The number of nitrogens with zero attached hydrogens (tertiary/aromatic N) is 3. The van der Waals surface area contributed by atoms with Crippen LogP contribution in [-0.4, -0.2) is 97.0 Å². The van der Waals surface area contributed by atoms with Crippen molar-refractivity contribution in [2.75, 3.05) is 19.6 Å². The minimum absolute atomic E-state index is 0.221. The minimum atomic E-state index is -2.27. The van der Waals surface area contributed by atoms with Gasteiger partial charge in [0.25, 0.3) is 5.19 Å². The second kappa shape index (κ2) is 11.2. The fraction of sp³-hybridized carbons (Fsp3) is 0.739. The van der Waals surface area contributed by atoms with Crippen molar-refractivity contribution in [3.63, 3.8) is 0 Å². The van der Waals surface area contributed by atoms with Crippen LogP contribution in [0.4, 0.5) is 0 Å². The van der Waals surface area contributed by atoms with Crippen LogP contribution in [0.15, 0.2) is 0 Å².